The van der Waals surface area contributed by atoms with Gasteiger partial charge in [-0.15, -0.1) is 0 Å². The number of alkyl halides is 3. The largest absolute Gasteiger partial charge is 0.477 e. The Hall–Kier alpha value is -0.310. The summed E-state index contributed by atoms with van der Waals surface area (Å²) in [4.78, 5) is 14.2. The molecule has 3 nitrogen and oxygen atoms in total. The van der Waals surface area contributed by atoms with Crippen molar-refractivity contribution >= 4 is 44.5 Å². The lowest BCUT2D eigenvalue weighted by Gasteiger charge is -2.09. The molecule has 0 amide bonds. The van der Waals surface area contributed by atoms with E-state index in [2.05, 4.69) is 20.9 Å². The van der Waals surface area contributed by atoms with Crippen LogP contribution in [0.4, 0.5) is 8.78 Å². The average molecular weight is 392 g/mol. The third-order valence-electron chi connectivity index (χ3n) is 1.68. The number of pyridine rings is 1. The van der Waals surface area contributed by atoms with E-state index < -0.39 is 12.4 Å². The van der Waals surface area contributed by atoms with Crippen molar-refractivity contribution in [2.45, 2.75) is 11.8 Å². The van der Waals surface area contributed by atoms with Crippen LogP contribution in [0.25, 0.3) is 0 Å². The minimum atomic E-state index is -2.65. The van der Waals surface area contributed by atoms with Gasteiger partial charge >= 0.3 is 5.97 Å². The zero-order valence-electron chi connectivity index (χ0n) is 7.18. The van der Waals surface area contributed by atoms with Gasteiger partial charge in [-0.25, -0.2) is 18.6 Å². The summed E-state index contributed by atoms with van der Waals surface area (Å²) in [5.74, 6) is -1.23. The van der Waals surface area contributed by atoms with Crippen molar-refractivity contribution in [3.8, 4) is 0 Å². The van der Waals surface area contributed by atoms with Gasteiger partial charge < -0.3 is 5.11 Å². The first-order valence-electron chi connectivity index (χ1n) is 3.74. The quantitative estimate of drug-likeness (QED) is 0.489. The first-order chi connectivity index (χ1) is 6.97. The Balaban J connectivity index is 3.37. The highest BCUT2D eigenvalue weighted by Gasteiger charge is 2.20. The maximum absolute atomic E-state index is 12.6. The van der Waals surface area contributed by atoms with Gasteiger partial charge in [0.1, 0.15) is 9.39 Å². The Labute approximate surface area is 106 Å². The predicted molar refractivity (Wildman–Crippen MR) is 61.5 cm³/mol. The Morgan fingerprint density at radius 2 is 2.27 bits per heavy atom. The third kappa shape index (κ3) is 2.83. The molecule has 0 fully saturated rings. The number of aromatic nitrogens is 1. The molecule has 82 valence electrons. The van der Waals surface area contributed by atoms with Gasteiger partial charge in [0, 0.05) is 5.33 Å². The zero-order valence-corrected chi connectivity index (χ0v) is 10.9. The second-order valence-electron chi connectivity index (χ2n) is 2.61. The number of halogens is 4. The number of carboxylic acids is 1. The van der Waals surface area contributed by atoms with Gasteiger partial charge in [0.15, 0.2) is 0 Å². The van der Waals surface area contributed by atoms with Crippen molar-refractivity contribution in [3.05, 3.63) is 26.6 Å². The SMILES string of the molecule is O=C(O)c1cc(CBr)c(C(F)F)c(I)n1. The second kappa shape index (κ2) is 5.15. The van der Waals surface area contributed by atoms with Crippen LogP contribution in [0, 0.1) is 3.70 Å². The fourth-order valence-electron chi connectivity index (χ4n) is 1.02. The normalized spacial score (nSPS) is 10.7. The van der Waals surface area contributed by atoms with E-state index in [4.69, 9.17) is 5.11 Å². The Morgan fingerprint density at radius 3 is 2.67 bits per heavy atom. The highest BCUT2D eigenvalue weighted by atomic mass is 127. The van der Waals surface area contributed by atoms with Crippen LogP contribution in [-0.2, 0) is 5.33 Å². The molecule has 0 atom stereocenters. The van der Waals surface area contributed by atoms with Gasteiger partial charge in [0.05, 0.1) is 5.56 Å². The summed E-state index contributed by atoms with van der Waals surface area (Å²) < 4.78 is 25.2. The maximum atomic E-state index is 12.6. The van der Waals surface area contributed by atoms with Crippen molar-refractivity contribution in [2.75, 3.05) is 0 Å². The number of hydrogen-bond donors (Lipinski definition) is 1. The topological polar surface area (TPSA) is 50.2 Å². The summed E-state index contributed by atoms with van der Waals surface area (Å²) in [5.41, 5.74) is -0.183. The molecule has 15 heavy (non-hydrogen) atoms. The van der Waals surface area contributed by atoms with E-state index in [-0.39, 0.29) is 25.9 Å². The summed E-state index contributed by atoms with van der Waals surface area (Å²) in [6.45, 7) is 0. The molecule has 0 radical (unpaired) electrons. The Bertz CT molecular complexity index is 400. The Morgan fingerprint density at radius 1 is 1.67 bits per heavy atom. The number of nitrogens with zero attached hydrogens (tertiary/aromatic N) is 1. The van der Waals surface area contributed by atoms with E-state index in [0.29, 0.717) is 0 Å². The van der Waals surface area contributed by atoms with E-state index in [0.717, 1.165) is 6.07 Å². The molecule has 1 heterocycles. The summed E-state index contributed by atoms with van der Waals surface area (Å²) in [5, 5.41) is 8.86. The lowest BCUT2D eigenvalue weighted by Crippen LogP contribution is -2.07. The number of aromatic carboxylic acids is 1. The van der Waals surface area contributed by atoms with E-state index in [1.165, 1.54) is 0 Å². The summed E-state index contributed by atoms with van der Waals surface area (Å²) in [6.07, 6.45) is -2.65. The first kappa shape index (κ1) is 12.8. The second-order valence-corrected chi connectivity index (χ2v) is 4.19. The van der Waals surface area contributed by atoms with Crippen molar-refractivity contribution in [1.29, 1.82) is 0 Å². The third-order valence-corrected chi connectivity index (χ3v) is 3.11. The number of carbonyl (C=O) groups is 1. The molecule has 0 aliphatic carbocycles. The smallest absolute Gasteiger partial charge is 0.354 e. The van der Waals surface area contributed by atoms with Crippen LogP contribution in [0.3, 0.4) is 0 Å². The summed E-state index contributed by atoms with van der Waals surface area (Å²) in [6, 6.07) is 1.15. The molecule has 0 unspecified atom stereocenters. The van der Waals surface area contributed by atoms with E-state index in [9.17, 15) is 13.6 Å². The number of carboxylic acid groups (broad SMARTS) is 1. The molecule has 0 aliphatic heterocycles. The lowest BCUT2D eigenvalue weighted by atomic mass is 10.1. The van der Waals surface area contributed by atoms with Crippen LogP contribution in [0.5, 0.6) is 0 Å². The number of rotatable bonds is 3. The lowest BCUT2D eigenvalue weighted by molar-refractivity contribution is 0.0689. The van der Waals surface area contributed by atoms with Crippen LogP contribution >= 0.6 is 38.5 Å². The average Bonchev–Trinajstić information content (AvgIpc) is 2.15. The van der Waals surface area contributed by atoms with E-state index in [1.54, 1.807) is 22.6 Å². The van der Waals surface area contributed by atoms with Crippen molar-refractivity contribution < 1.29 is 18.7 Å². The molecule has 1 aromatic heterocycles. The summed E-state index contributed by atoms with van der Waals surface area (Å²) in [7, 11) is 0. The monoisotopic (exact) mass is 391 g/mol. The molecular formula is C8H5BrF2INO2. The fraction of sp³-hybridized carbons (Fsp3) is 0.250. The van der Waals surface area contributed by atoms with Gasteiger partial charge in [-0.05, 0) is 34.2 Å². The molecule has 0 bridgehead atoms. The van der Waals surface area contributed by atoms with E-state index >= 15 is 0 Å². The molecule has 7 heteroatoms. The van der Waals surface area contributed by atoms with Crippen molar-refractivity contribution in [3.63, 3.8) is 0 Å². The molecule has 0 aliphatic rings. The first-order valence-corrected chi connectivity index (χ1v) is 5.94. The van der Waals surface area contributed by atoms with Gasteiger partial charge in [-0.2, -0.15) is 0 Å². The zero-order chi connectivity index (χ0) is 11.6. The molecule has 0 saturated carbocycles. The molecular weight excluding hydrogens is 387 g/mol. The Kier molecular flexibility index (Phi) is 4.38. The molecule has 0 aromatic carbocycles. The van der Waals surface area contributed by atoms with Gasteiger partial charge in [-0.3, -0.25) is 0 Å². The van der Waals surface area contributed by atoms with E-state index in [1.807, 2.05) is 0 Å². The standard InChI is InChI=1S/C8H5BrF2INO2/c9-2-3-1-4(8(14)15)13-7(12)5(3)6(10)11/h1,6H,2H2,(H,14,15). The van der Waals surface area contributed by atoms with Crippen LogP contribution in [0.1, 0.15) is 28.0 Å². The van der Waals surface area contributed by atoms with Crippen LogP contribution in [-0.4, -0.2) is 16.1 Å². The minimum absolute atomic E-state index is 0.0250. The van der Waals surface area contributed by atoms with Crippen LogP contribution in [0.2, 0.25) is 0 Å². The van der Waals surface area contributed by atoms with Gasteiger partial charge in [0.2, 0.25) is 0 Å². The predicted octanol–water partition coefficient (Wildman–Crippen LogP) is 3.22. The van der Waals surface area contributed by atoms with Gasteiger partial charge in [0.25, 0.3) is 6.43 Å². The summed E-state index contributed by atoms with van der Waals surface area (Å²) >= 11 is 4.64. The van der Waals surface area contributed by atoms with Crippen LogP contribution in [0.15, 0.2) is 6.07 Å². The molecule has 0 spiro atoms. The molecule has 0 saturated heterocycles. The van der Waals surface area contributed by atoms with Crippen molar-refractivity contribution in [1.82, 2.24) is 4.98 Å². The van der Waals surface area contributed by atoms with Gasteiger partial charge in [-0.1, -0.05) is 15.9 Å². The molecule has 1 aromatic rings. The fourth-order valence-corrected chi connectivity index (χ4v) is 2.33. The number of hydrogen-bond acceptors (Lipinski definition) is 2. The van der Waals surface area contributed by atoms with Crippen molar-refractivity contribution in [2.24, 2.45) is 0 Å². The highest BCUT2D eigenvalue weighted by Crippen LogP contribution is 2.28. The minimum Gasteiger partial charge on any atom is -0.477 e. The maximum Gasteiger partial charge on any atom is 0.354 e. The molecule has 1 rings (SSSR count). The highest BCUT2D eigenvalue weighted by molar-refractivity contribution is 14.1. The van der Waals surface area contributed by atoms with Crippen LogP contribution < -0.4 is 0 Å². The molecule has 1 N–H and O–H groups in total.